The topological polar surface area (TPSA) is 0 Å². The highest BCUT2D eigenvalue weighted by Crippen LogP contribution is 2.17. The van der Waals surface area contributed by atoms with Crippen LogP contribution in [-0.4, -0.2) is 25.1 Å². The maximum atomic E-state index is 13.6. The van der Waals surface area contributed by atoms with Crippen LogP contribution in [0.15, 0.2) is 24.2 Å². The zero-order chi connectivity index (χ0) is 10.6. The molecule has 0 aliphatic rings. The van der Waals surface area contributed by atoms with Gasteiger partial charge in [-0.05, 0) is 18.4 Å². The molecule has 13 heavy (non-hydrogen) atoms. The zero-order valence-electron chi connectivity index (χ0n) is 9.39. The van der Waals surface area contributed by atoms with Crippen molar-refractivity contribution in [3.05, 3.63) is 24.2 Å². The lowest BCUT2D eigenvalue weighted by molar-refractivity contribution is -0.861. The summed E-state index contributed by atoms with van der Waals surface area (Å²) < 4.78 is 13.8. The van der Waals surface area contributed by atoms with E-state index in [-0.39, 0.29) is 10.4 Å². The molecular weight excluding hydrogens is 165 g/mol. The number of hydrogen-bond donors (Lipinski definition) is 0. The van der Waals surface area contributed by atoms with Gasteiger partial charge in [-0.1, -0.05) is 20.4 Å². The third kappa shape index (κ3) is 3.73. The van der Waals surface area contributed by atoms with Crippen LogP contribution in [0, 0.1) is 5.92 Å². The fraction of sp³-hybridized carbons (Fsp3) is 0.636. The Bertz CT molecular complexity index is 214. The molecule has 0 aliphatic heterocycles. The summed E-state index contributed by atoms with van der Waals surface area (Å²) in [5, 5.41) is 0. The van der Waals surface area contributed by atoms with E-state index in [1.54, 1.807) is 6.08 Å². The van der Waals surface area contributed by atoms with Crippen LogP contribution in [0.3, 0.4) is 0 Å². The number of rotatable bonds is 4. The molecule has 0 spiro atoms. The molecule has 0 heterocycles. The molecule has 1 nitrogen and oxygen atoms in total. The fourth-order valence-electron chi connectivity index (χ4n) is 0.645. The molecule has 0 aromatic rings. The van der Waals surface area contributed by atoms with Crippen molar-refractivity contribution in [1.29, 1.82) is 0 Å². The van der Waals surface area contributed by atoms with Crippen molar-refractivity contribution in [3.8, 4) is 0 Å². The van der Waals surface area contributed by atoms with E-state index >= 15 is 0 Å². The molecular formula is C11H21FN+. The van der Waals surface area contributed by atoms with Gasteiger partial charge in [0.25, 0.3) is 5.95 Å². The van der Waals surface area contributed by atoms with Gasteiger partial charge in [0.1, 0.15) is 0 Å². The Labute approximate surface area is 81.1 Å². The van der Waals surface area contributed by atoms with Gasteiger partial charge in [0, 0.05) is 6.08 Å². The first-order valence-electron chi connectivity index (χ1n) is 4.70. The second-order valence-corrected chi connectivity index (χ2v) is 4.20. The monoisotopic (exact) mass is 186 g/mol. The van der Waals surface area contributed by atoms with Crippen molar-refractivity contribution in [2.75, 3.05) is 20.6 Å². The van der Waals surface area contributed by atoms with Crippen LogP contribution in [-0.2, 0) is 0 Å². The van der Waals surface area contributed by atoms with Crippen molar-refractivity contribution in [1.82, 2.24) is 0 Å². The summed E-state index contributed by atoms with van der Waals surface area (Å²) in [7, 11) is 3.69. The van der Waals surface area contributed by atoms with Gasteiger partial charge >= 0.3 is 0 Å². The van der Waals surface area contributed by atoms with Crippen molar-refractivity contribution >= 4 is 0 Å². The van der Waals surface area contributed by atoms with E-state index in [1.165, 1.54) is 0 Å². The van der Waals surface area contributed by atoms with Crippen LogP contribution < -0.4 is 0 Å². The van der Waals surface area contributed by atoms with Gasteiger partial charge in [-0.15, -0.1) is 4.39 Å². The number of quaternary nitrogens is 1. The van der Waals surface area contributed by atoms with E-state index in [4.69, 9.17) is 0 Å². The second kappa shape index (κ2) is 4.56. The molecule has 0 saturated heterocycles. The SMILES string of the molecule is C=C(/C=C(/F)[N+](C)(C)CC)C(C)C. The molecule has 0 aliphatic carbocycles. The van der Waals surface area contributed by atoms with E-state index in [0.29, 0.717) is 5.92 Å². The van der Waals surface area contributed by atoms with Crippen LogP contribution in [0.5, 0.6) is 0 Å². The molecule has 0 amide bonds. The minimum Gasteiger partial charge on any atom is -0.271 e. The Balaban J connectivity index is 4.59. The quantitative estimate of drug-likeness (QED) is 0.359. The Morgan fingerprint density at radius 2 is 1.92 bits per heavy atom. The number of allylic oxidation sites excluding steroid dienone is 2. The first-order chi connectivity index (χ1) is 5.81. The molecule has 2 heteroatoms. The maximum absolute atomic E-state index is 13.6. The van der Waals surface area contributed by atoms with Gasteiger partial charge in [-0.25, -0.2) is 0 Å². The van der Waals surface area contributed by atoms with Crippen LogP contribution in [0.25, 0.3) is 0 Å². The molecule has 0 unspecified atom stereocenters. The summed E-state index contributed by atoms with van der Waals surface area (Å²) in [6, 6.07) is 0. The Morgan fingerprint density at radius 3 is 2.23 bits per heavy atom. The zero-order valence-corrected chi connectivity index (χ0v) is 9.39. The average Bonchev–Trinajstić information content (AvgIpc) is 2.04. The minimum absolute atomic E-state index is 0.124. The molecule has 0 saturated carbocycles. The van der Waals surface area contributed by atoms with Crippen LogP contribution in [0.1, 0.15) is 20.8 Å². The van der Waals surface area contributed by atoms with Crippen LogP contribution >= 0.6 is 0 Å². The predicted molar refractivity (Wildman–Crippen MR) is 55.8 cm³/mol. The largest absolute Gasteiger partial charge is 0.285 e. The van der Waals surface area contributed by atoms with Crippen LogP contribution in [0.4, 0.5) is 4.39 Å². The van der Waals surface area contributed by atoms with Crippen molar-refractivity contribution in [2.24, 2.45) is 5.92 Å². The van der Waals surface area contributed by atoms with Gasteiger partial charge in [0.05, 0.1) is 20.6 Å². The predicted octanol–water partition coefficient (Wildman–Crippen LogP) is 3.11. The first kappa shape index (κ1) is 12.4. The average molecular weight is 186 g/mol. The first-order valence-corrected chi connectivity index (χ1v) is 4.70. The van der Waals surface area contributed by atoms with Crippen molar-refractivity contribution < 1.29 is 8.87 Å². The highest BCUT2D eigenvalue weighted by atomic mass is 19.1. The lowest BCUT2D eigenvalue weighted by atomic mass is 10.1. The summed E-state index contributed by atoms with van der Waals surface area (Å²) in [6.45, 7) is 10.5. The molecule has 0 fully saturated rings. The molecule has 0 rings (SSSR count). The molecule has 76 valence electrons. The molecule has 0 aromatic heterocycles. The third-order valence-corrected chi connectivity index (χ3v) is 2.41. The molecule has 0 aromatic carbocycles. The Hall–Kier alpha value is -0.630. The highest BCUT2D eigenvalue weighted by molar-refractivity contribution is 5.16. The standard InChI is InChI=1S/C11H21FN/c1-7-13(5,6)11(12)8-10(4)9(2)3/h8-9H,4,7H2,1-3,5-6H3/q+1/b11-8-. The maximum Gasteiger partial charge on any atom is 0.285 e. The third-order valence-electron chi connectivity index (χ3n) is 2.41. The molecule has 0 radical (unpaired) electrons. The lowest BCUT2D eigenvalue weighted by Gasteiger charge is -2.25. The highest BCUT2D eigenvalue weighted by Gasteiger charge is 2.19. The summed E-state index contributed by atoms with van der Waals surface area (Å²) >= 11 is 0. The van der Waals surface area contributed by atoms with E-state index in [0.717, 1.165) is 12.1 Å². The van der Waals surface area contributed by atoms with Gasteiger partial charge in [0.15, 0.2) is 0 Å². The normalized spacial score (nSPS) is 13.6. The van der Waals surface area contributed by atoms with E-state index < -0.39 is 0 Å². The molecule has 0 atom stereocenters. The molecule has 0 bridgehead atoms. The number of nitrogens with zero attached hydrogens (tertiary/aromatic N) is 1. The van der Waals surface area contributed by atoms with E-state index in [2.05, 4.69) is 6.58 Å². The Morgan fingerprint density at radius 1 is 1.46 bits per heavy atom. The smallest absolute Gasteiger partial charge is 0.271 e. The van der Waals surface area contributed by atoms with Gasteiger partial charge < -0.3 is 0 Å². The Kier molecular flexibility index (Phi) is 4.34. The molecule has 0 N–H and O–H groups in total. The summed E-state index contributed by atoms with van der Waals surface area (Å²) in [5.41, 5.74) is 0.845. The van der Waals surface area contributed by atoms with Crippen LogP contribution in [0.2, 0.25) is 0 Å². The summed E-state index contributed by atoms with van der Waals surface area (Å²) in [4.78, 5) is 0. The van der Waals surface area contributed by atoms with Crippen molar-refractivity contribution in [2.45, 2.75) is 20.8 Å². The minimum atomic E-state index is -0.124. The van der Waals surface area contributed by atoms with E-state index in [1.807, 2.05) is 34.9 Å². The van der Waals surface area contributed by atoms with E-state index in [9.17, 15) is 4.39 Å². The summed E-state index contributed by atoms with van der Waals surface area (Å²) in [5.74, 6) is 0.184. The van der Waals surface area contributed by atoms with Gasteiger partial charge in [-0.2, -0.15) is 0 Å². The summed E-state index contributed by atoms with van der Waals surface area (Å²) in [6.07, 6.45) is 1.55. The fourth-order valence-corrected chi connectivity index (χ4v) is 0.645. The van der Waals surface area contributed by atoms with Gasteiger partial charge in [0.2, 0.25) is 0 Å². The number of hydrogen-bond acceptors (Lipinski definition) is 0. The van der Waals surface area contributed by atoms with Gasteiger partial charge in [-0.3, -0.25) is 4.48 Å². The second-order valence-electron chi connectivity index (χ2n) is 4.20. The number of halogens is 1. The van der Waals surface area contributed by atoms with Crippen molar-refractivity contribution in [3.63, 3.8) is 0 Å². The lowest BCUT2D eigenvalue weighted by Crippen LogP contribution is -2.36.